The first-order valence-corrected chi connectivity index (χ1v) is 11.1. The lowest BCUT2D eigenvalue weighted by atomic mass is 10.1. The number of hydrogen-bond acceptors (Lipinski definition) is 7. The number of nitro benzene ring substituents is 1. The molecule has 33 heavy (non-hydrogen) atoms. The summed E-state index contributed by atoms with van der Waals surface area (Å²) in [5, 5.41) is 13.9. The lowest BCUT2D eigenvalue weighted by molar-refractivity contribution is -0.384. The van der Waals surface area contributed by atoms with Gasteiger partial charge in [-0.25, -0.2) is 9.97 Å². The molecular formula is C22H18ClN5O4S. The monoisotopic (exact) mass is 483 g/mol. The molecule has 0 saturated heterocycles. The average molecular weight is 484 g/mol. The number of rotatable bonds is 5. The molecule has 0 unspecified atom stereocenters. The maximum absolute atomic E-state index is 12.9. The smallest absolute Gasteiger partial charge is 0.271 e. The number of hydrogen-bond donors (Lipinski definition) is 0. The van der Waals surface area contributed by atoms with Crippen LogP contribution in [0.3, 0.4) is 0 Å². The molecule has 2 aromatic heterocycles. The summed E-state index contributed by atoms with van der Waals surface area (Å²) in [7, 11) is 0. The second-order valence-corrected chi connectivity index (χ2v) is 8.77. The molecule has 2 aromatic carbocycles. The largest absolute Gasteiger partial charge is 0.293 e. The Bertz CT molecular complexity index is 1460. The van der Waals surface area contributed by atoms with E-state index in [2.05, 4.69) is 9.97 Å². The summed E-state index contributed by atoms with van der Waals surface area (Å²) in [6, 6.07) is 7.66. The van der Waals surface area contributed by atoms with Crippen molar-refractivity contribution in [2.24, 2.45) is 0 Å². The number of nitro groups is 1. The van der Waals surface area contributed by atoms with Crippen molar-refractivity contribution in [3.8, 4) is 0 Å². The number of benzene rings is 2. The second-order valence-electron chi connectivity index (χ2n) is 7.52. The van der Waals surface area contributed by atoms with Crippen LogP contribution >= 0.6 is 22.9 Å². The SMILES string of the molecule is CC(=O)N(c1nc(Cn2cnc3cc([N+](=O)[O-])ccc3c2=O)cs1)c1c(C)cc(C)cc1Cl. The van der Waals surface area contributed by atoms with E-state index >= 15 is 0 Å². The van der Waals surface area contributed by atoms with Crippen LogP contribution in [0.15, 0.2) is 46.8 Å². The molecule has 0 fully saturated rings. The summed E-state index contributed by atoms with van der Waals surface area (Å²) < 4.78 is 1.37. The maximum Gasteiger partial charge on any atom is 0.271 e. The number of anilines is 2. The lowest BCUT2D eigenvalue weighted by Gasteiger charge is -2.22. The number of halogens is 1. The molecule has 0 aliphatic rings. The van der Waals surface area contributed by atoms with E-state index in [-0.39, 0.29) is 34.6 Å². The number of fused-ring (bicyclic) bond motifs is 1. The fourth-order valence-electron chi connectivity index (χ4n) is 3.60. The van der Waals surface area contributed by atoms with Gasteiger partial charge in [-0.05, 0) is 37.1 Å². The minimum atomic E-state index is -0.535. The van der Waals surface area contributed by atoms with Crippen LogP contribution in [0, 0.1) is 24.0 Å². The van der Waals surface area contributed by atoms with Crippen LogP contribution in [0.1, 0.15) is 23.7 Å². The summed E-state index contributed by atoms with van der Waals surface area (Å²) in [5.74, 6) is -0.240. The highest BCUT2D eigenvalue weighted by molar-refractivity contribution is 7.14. The van der Waals surface area contributed by atoms with Crippen molar-refractivity contribution in [3.63, 3.8) is 0 Å². The standard InChI is InChI=1S/C22H18ClN5O4S/c1-12-6-13(2)20(18(23)7-12)27(14(3)29)22-25-15(10-33-22)9-26-11-24-19-8-16(28(31)32)4-5-17(19)21(26)30/h4-8,10-11H,9H2,1-3H3. The molecule has 4 rings (SSSR count). The molecule has 0 atom stereocenters. The van der Waals surface area contributed by atoms with Gasteiger partial charge in [0, 0.05) is 24.4 Å². The highest BCUT2D eigenvalue weighted by Gasteiger charge is 2.23. The molecule has 0 saturated carbocycles. The normalized spacial score (nSPS) is 11.0. The Morgan fingerprint density at radius 3 is 2.70 bits per heavy atom. The van der Waals surface area contributed by atoms with E-state index in [1.165, 1.54) is 52.3 Å². The van der Waals surface area contributed by atoms with Crippen molar-refractivity contribution in [1.82, 2.24) is 14.5 Å². The molecule has 9 nitrogen and oxygen atoms in total. The van der Waals surface area contributed by atoms with Gasteiger partial charge in [0.1, 0.15) is 0 Å². The molecule has 0 N–H and O–H groups in total. The highest BCUT2D eigenvalue weighted by atomic mass is 35.5. The zero-order chi connectivity index (χ0) is 23.9. The van der Waals surface area contributed by atoms with Crippen molar-refractivity contribution < 1.29 is 9.72 Å². The van der Waals surface area contributed by atoms with Crippen molar-refractivity contribution in [2.45, 2.75) is 27.3 Å². The van der Waals surface area contributed by atoms with Crippen LogP contribution in [0.25, 0.3) is 10.9 Å². The Hall–Kier alpha value is -3.63. The van der Waals surface area contributed by atoms with Gasteiger partial charge in [0.15, 0.2) is 5.13 Å². The lowest BCUT2D eigenvalue weighted by Crippen LogP contribution is -2.24. The highest BCUT2D eigenvalue weighted by Crippen LogP contribution is 2.37. The zero-order valence-corrected chi connectivity index (χ0v) is 19.5. The van der Waals surface area contributed by atoms with Gasteiger partial charge in [-0.1, -0.05) is 17.7 Å². The quantitative estimate of drug-likeness (QED) is 0.299. The third-order valence-electron chi connectivity index (χ3n) is 5.02. The van der Waals surface area contributed by atoms with E-state index in [4.69, 9.17) is 11.6 Å². The van der Waals surface area contributed by atoms with Gasteiger partial charge in [-0.15, -0.1) is 11.3 Å². The number of aromatic nitrogens is 3. The summed E-state index contributed by atoms with van der Waals surface area (Å²) in [6.45, 7) is 5.37. The molecule has 0 bridgehead atoms. The molecule has 0 aliphatic heterocycles. The van der Waals surface area contributed by atoms with E-state index in [0.717, 1.165) is 11.1 Å². The molecule has 168 valence electrons. The van der Waals surface area contributed by atoms with Gasteiger partial charge in [-0.3, -0.25) is 29.2 Å². The third-order valence-corrected chi connectivity index (χ3v) is 6.18. The van der Waals surface area contributed by atoms with Gasteiger partial charge in [0.2, 0.25) is 5.91 Å². The van der Waals surface area contributed by atoms with E-state index in [9.17, 15) is 19.7 Å². The summed E-state index contributed by atoms with van der Waals surface area (Å²) >= 11 is 7.72. The van der Waals surface area contributed by atoms with Crippen LogP contribution in [0.2, 0.25) is 5.02 Å². The number of aryl methyl sites for hydroxylation is 2. The zero-order valence-electron chi connectivity index (χ0n) is 17.9. The number of nitrogens with zero attached hydrogens (tertiary/aromatic N) is 5. The molecule has 0 radical (unpaired) electrons. The number of amides is 1. The molecule has 4 aromatic rings. The minimum absolute atomic E-state index is 0.127. The first kappa shape index (κ1) is 22.6. The van der Waals surface area contributed by atoms with Crippen LogP contribution in [0.4, 0.5) is 16.5 Å². The van der Waals surface area contributed by atoms with E-state index in [0.29, 0.717) is 21.5 Å². The van der Waals surface area contributed by atoms with Crippen molar-refractivity contribution in [2.75, 3.05) is 4.90 Å². The number of carbonyl (C=O) groups is 1. The molecule has 1 amide bonds. The van der Waals surface area contributed by atoms with E-state index < -0.39 is 4.92 Å². The van der Waals surface area contributed by atoms with Crippen LogP contribution < -0.4 is 10.5 Å². The Morgan fingerprint density at radius 1 is 1.27 bits per heavy atom. The number of carbonyl (C=O) groups excluding carboxylic acids is 1. The van der Waals surface area contributed by atoms with Gasteiger partial charge in [-0.2, -0.15) is 0 Å². The first-order valence-electron chi connectivity index (χ1n) is 9.81. The first-order chi connectivity index (χ1) is 15.7. The summed E-state index contributed by atoms with van der Waals surface area (Å²) in [6.07, 6.45) is 1.33. The Kier molecular flexibility index (Phi) is 5.96. The Morgan fingerprint density at radius 2 is 2.03 bits per heavy atom. The Labute approximate surface area is 197 Å². The average Bonchev–Trinajstić information content (AvgIpc) is 3.19. The number of non-ortho nitro benzene ring substituents is 1. The third kappa shape index (κ3) is 4.35. The van der Waals surface area contributed by atoms with E-state index in [1.54, 1.807) is 11.4 Å². The predicted octanol–water partition coefficient (Wildman–Crippen LogP) is 4.76. The topological polar surface area (TPSA) is 111 Å². The molecular weight excluding hydrogens is 466 g/mol. The van der Waals surface area contributed by atoms with Crippen molar-refractivity contribution >= 4 is 56.3 Å². The molecule has 11 heteroatoms. The maximum atomic E-state index is 12.9. The molecule has 0 aliphatic carbocycles. The van der Waals surface area contributed by atoms with E-state index in [1.807, 2.05) is 19.9 Å². The summed E-state index contributed by atoms with van der Waals surface area (Å²) in [4.78, 5) is 46.0. The van der Waals surface area contributed by atoms with Gasteiger partial charge >= 0.3 is 0 Å². The van der Waals surface area contributed by atoms with Crippen molar-refractivity contribution in [1.29, 1.82) is 0 Å². The Balaban J connectivity index is 1.68. The predicted molar refractivity (Wildman–Crippen MR) is 128 cm³/mol. The van der Waals surface area contributed by atoms with Crippen LogP contribution in [-0.2, 0) is 11.3 Å². The fraction of sp³-hybridized carbons (Fsp3) is 0.182. The van der Waals surface area contributed by atoms with Crippen molar-refractivity contribution in [3.05, 3.63) is 84.4 Å². The van der Waals surface area contributed by atoms with Gasteiger partial charge < -0.3 is 0 Å². The summed E-state index contributed by atoms with van der Waals surface area (Å²) in [5.41, 5.74) is 2.73. The van der Waals surface area contributed by atoms with Crippen LogP contribution in [0.5, 0.6) is 0 Å². The second kappa shape index (κ2) is 8.72. The van der Waals surface area contributed by atoms with Crippen LogP contribution in [-0.4, -0.2) is 25.4 Å². The molecule has 2 heterocycles. The fourth-order valence-corrected chi connectivity index (χ4v) is 4.87. The number of thiazole rings is 1. The van der Waals surface area contributed by atoms with Gasteiger partial charge in [0.05, 0.1) is 45.1 Å². The minimum Gasteiger partial charge on any atom is -0.293 e. The van der Waals surface area contributed by atoms with Gasteiger partial charge in [0.25, 0.3) is 11.2 Å². The molecule has 0 spiro atoms.